The molecule has 1 saturated heterocycles. The van der Waals surface area contributed by atoms with Gasteiger partial charge in [0.1, 0.15) is 12.2 Å². The second-order valence-electron chi connectivity index (χ2n) is 8.57. The van der Waals surface area contributed by atoms with E-state index in [-0.39, 0.29) is 5.56 Å². The number of aryl methyl sites for hydroxylation is 2. The second-order valence-corrected chi connectivity index (χ2v) is 8.94. The smallest absolute Gasteiger partial charge is 0.262 e. The van der Waals surface area contributed by atoms with Crippen LogP contribution < -0.4 is 5.56 Å². The highest BCUT2D eigenvalue weighted by molar-refractivity contribution is 7.71. The van der Waals surface area contributed by atoms with Crippen LogP contribution in [0.5, 0.6) is 0 Å². The van der Waals surface area contributed by atoms with Gasteiger partial charge in [-0.15, -0.1) is 15.3 Å². The monoisotopic (exact) mass is 468 g/mol. The van der Waals surface area contributed by atoms with Crippen molar-refractivity contribution in [1.29, 1.82) is 0 Å². The highest BCUT2D eigenvalue weighted by atomic mass is 32.1. The molecule has 0 spiro atoms. The fourth-order valence-corrected chi connectivity index (χ4v) is 4.99. The minimum absolute atomic E-state index is 0.0501. The van der Waals surface area contributed by atoms with Crippen LogP contribution in [0.4, 0.5) is 0 Å². The Morgan fingerprint density at radius 1 is 1.21 bits per heavy atom. The van der Waals surface area contributed by atoms with Crippen molar-refractivity contribution in [2.75, 3.05) is 26.8 Å². The SMILES string of the molecule is COCCCn1c(=O)c2ccccc2n2c(=S)n(CN3CCC(c4nncn4C)CC3)nc12. The number of fused-ring (bicyclic) bond motifs is 3. The molecule has 0 unspecified atom stereocenters. The number of para-hydroxylation sites is 1. The van der Waals surface area contributed by atoms with Gasteiger partial charge < -0.3 is 9.30 Å². The predicted octanol–water partition coefficient (Wildman–Crippen LogP) is 2.18. The van der Waals surface area contributed by atoms with Crippen molar-refractivity contribution >= 4 is 28.9 Å². The zero-order chi connectivity index (χ0) is 22.9. The van der Waals surface area contributed by atoms with Crippen molar-refractivity contribution in [3.63, 3.8) is 0 Å². The Hall–Kier alpha value is -2.89. The van der Waals surface area contributed by atoms with Crippen LogP contribution in [0.1, 0.15) is 31.0 Å². The fraction of sp³-hybridized carbons (Fsp3) is 0.500. The molecular weight excluding hydrogens is 440 g/mol. The van der Waals surface area contributed by atoms with Gasteiger partial charge in [-0.1, -0.05) is 12.1 Å². The third-order valence-electron chi connectivity index (χ3n) is 6.45. The van der Waals surface area contributed by atoms with E-state index in [1.54, 1.807) is 18.0 Å². The molecule has 0 bridgehead atoms. The predicted molar refractivity (Wildman–Crippen MR) is 127 cm³/mol. The molecule has 33 heavy (non-hydrogen) atoms. The Morgan fingerprint density at radius 2 is 2.00 bits per heavy atom. The van der Waals surface area contributed by atoms with Crippen molar-refractivity contribution in [3.05, 3.63) is 51.5 Å². The van der Waals surface area contributed by atoms with Gasteiger partial charge in [0.15, 0.2) is 0 Å². The van der Waals surface area contributed by atoms with Crippen LogP contribution in [0.25, 0.3) is 16.7 Å². The molecule has 174 valence electrons. The first-order valence-electron chi connectivity index (χ1n) is 11.2. The highest BCUT2D eigenvalue weighted by Crippen LogP contribution is 2.26. The summed E-state index contributed by atoms with van der Waals surface area (Å²) >= 11 is 5.84. The van der Waals surface area contributed by atoms with Gasteiger partial charge in [0.05, 0.1) is 17.6 Å². The van der Waals surface area contributed by atoms with Crippen LogP contribution in [0.3, 0.4) is 0 Å². The number of piperidine rings is 1. The van der Waals surface area contributed by atoms with E-state index in [1.807, 2.05) is 45.0 Å². The Kier molecular flexibility index (Phi) is 6.09. The number of nitrogens with zero attached hydrogens (tertiary/aromatic N) is 8. The van der Waals surface area contributed by atoms with E-state index in [0.29, 0.717) is 41.7 Å². The van der Waals surface area contributed by atoms with Gasteiger partial charge in [-0.3, -0.25) is 18.7 Å². The lowest BCUT2D eigenvalue weighted by atomic mass is 9.96. The molecule has 0 amide bonds. The van der Waals surface area contributed by atoms with Gasteiger partial charge in [0.2, 0.25) is 10.5 Å². The number of benzene rings is 1. The number of ether oxygens (including phenoxy) is 1. The first kappa shape index (κ1) is 21.9. The minimum atomic E-state index is -0.0501. The third kappa shape index (κ3) is 4.00. The number of aromatic nitrogens is 7. The topological polar surface area (TPSA) is 87.4 Å². The Balaban J connectivity index is 1.46. The summed E-state index contributed by atoms with van der Waals surface area (Å²) in [7, 11) is 3.66. The van der Waals surface area contributed by atoms with Gasteiger partial charge in [-0.2, -0.15) is 0 Å². The Morgan fingerprint density at radius 3 is 2.73 bits per heavy atom. The molecule has 0 atom stereocenters. The number of hydrogen-bond donors (Lipinski definition) is 0. The van der Waals surface area contributed by atoms with Gasteiger partial charge in [-0.05, 0) is 43.6 Å². The standard InChI is InChI=1S/C22H28N8O2S/c1-26-14-23-24-19(26)16-8-11-27(12-9-16)15-29-22(33)30-18-7-4-3-6-17(18)20(31)28(21(30)25-29)10-5-13-32-2/h3-4,6-7,14,16H,5,8-13,15H2,1-2H3. The van der Waals surface area contributed by atoms with Crippen LogP contribution in [-0.2, 0) is 25.0 Å². The largest absolute Gasteiger partial charge is 0.385 e. The van der Waals surface area contributed by atoms with Crippen LogP contribution >= 0.6 is 12.2 Å². The summed E-state index contributed by atoms with van der Waals surface area (Å²) in [5.41, 5.74) is 0.739. The van der Waals surface area contributed by atoms with E-state index in [1.165, 1.54) is 0 Å². The Bertz CT molecular complexity index is 1390. The lowest BCUT2D eigenvalue weighted by molar-refractivity contribution is 0.157. The molecule has 1 aliphatic heterocycles. The van der Waals surface area contributed by atoms with E-state index < -0.39 is 0 Å². The number of methoxy groups -OCH3 is 1. The molecule has 1 aromatic carbocycles. The summed E-state index contributed by atoms with van der Waals surface area (Å²) in [6.45, 7) is 3.54. The molecule has 3 aromatic heterocycles. The van der Waals surface area contributed by atoms with E-state index in [9.17, 15) is 4.79 Å². The van der Waals surface area contributed by atoms with Crippen molar-refractivity contribution in [1.82, 2.24) is 38.4 Å². The van der Waals surface area contributed by atoms with Gasteiger partial charge in [0.25, 0.3) is 5.56 Å². The third-order valence-corrected chi connectivity index (χ3v) is 6.84. The lowest BCUT2D eigenvalue weighted by Gasteiger charge is -2.30. The normalized spacial score (nSPS) is 15.7. The quantitative estimate of drug-likeness (QED) is 0.303. The van der Waals surface area contributed by atoms with Crippen molar-refractivity contribution < 1.29 is 4.74 Å². The molecule has 0 saturated carbocycles. The van der Waals surface area contributed by atoms with Crippen LogP contribution in [0.15, 0.2) is 35.4 Å². The minimum Gasteiger partial charge on any atom is -0.385 e. The van der Waals surface area contributed by atoms with Crippen molar-refractivity contribution in [2.45, 2.75) is 38.4 Å². The van der Waals surface area contributed by atoms with Crippen LogP contribution in [0.2, 0.25) is 0 Å². The number of hydrogen-bond acceptors (Lipinski definition) is 7. The van der Waals surface area contributed by atoms with E-state index in [0.717, 1.165) is 43.7 Å². The molecule has 1 fully saturated rings. The van der Waals surface area contributed by atoms with E-state index in [2.05, 4.69) is 15.1 Å². The zero-order valence-electron chi connectivity index (χ0n) is 18.9. The molecule has 5 rings (SSSR count). The first-order chi connectivity index (χ1) is 16.1. The van der Waals surface area contributed by atoms with Gasteiger partial charge in [0, 0.05) is 46.3 Å². The molecule has 0 radical (unpaired) electrons. The highest BCUT2D eigenvalue weighted by Gasteiger charge is 2.25. The summed E-state index contributed by atoms with van der Waals surface area (Å²) < 4.78 is 13.3. The first-order valence-corrected chi connectivity index (χ1v) is 11.7. The van der Waals surface area contributed by atoms with Gasteiger partial charge >= 0.3 is 0 Å². The van der Waals surface area contributed by atoms with E-state index in [4.69, 9.17) is 22.1 Å². The van der Waals surface area contributed by atoms with Gasteiger partial charge in [-0.25, -0.2) is 4.68 Å². The molecule has 4 heterocycles. The summed E-state index contributed by atoms with van der Waals surface area (Å²) in [6, 6.07) is 7.58. The average molecular weight is 469 g/mol. The summed E-state index contributed by atoms with van der Waals surface area (Å²) in [5, 5.41) is 13.8. The molecule has 10 nitrogen and oxygen atoms in total. The maximum atomic E-state index is 13.2. The molecular formula is C22H28N8O2S. The van der Waals surface area contributed by atoms with Crippen LogP contribution in [0, 0.1) is 4.77 Å². The molecule has 0 N–H and O–H groups in total. The lowest BCUT2D eigenvalue weighted by Crippen LogP contribution is -2.35. The number of likely N-dealkylation sites (tertiary alicyclic amines) is 1. The molecule has 4 aromatic rings. The van der Waals surface area contributed by atoms with Crippen molar-refractivity contribution in [2.24, 2.45) is 7.05 Å². The van der Waals surface area contributed by atoms with E-state index >= 15 is 0 Å². The molecule has 1 aliphatic rings. The zero-order valence-corrected chi connectivity index (χ0v) is 19.7. The Labute approximate surface area is 196 Å². The summed E-state index contributed by atoms with van der Waals surface area (Å²) in [4.78, 5) is 15.6. The maximum absolute atomic E-state index is 13.2. The summed E-state index contributed by atoms with van der Waals surface area (Å²) in [5.74, 6) is 2.04. The fourth-order valence-electron chi connectivity index (χ4n) is 4.71. The molecule has 11 heteroatoms. The second kappa shape index (κ2) is 9.16. The van der Waals surface area contributed by atoms with Crippen molar-refractivity contribution in [3.8, 4) is 0 Å². The average Bonchev–Trinajstić information content (AvgIpc) is 3.40. The summed E-state index contributed by atoms with van der Waals surface area (Å²) in [6.07, 6.45) is 4.50. The maximum Gasteiger partial charge on any atom is 0.262 e. The number of rotatable bonds is 7. The molecule has 0 aliphatic carbocycles. The van der Waals surface area contributed by atoms with Crippen LogP contribution in [-0.4, -0.2) is 65.2 Å².